The molecule has 114 valence electrons. The molecule has 0 saturated heterocycles. The first kappa shape index (κ1) is 14.9. The van der Waals surface area contributed by atoms with Crippen molar-refractivity contribution in [2.75, 3.05) is 4.72 Å². The van der Waals surface area contributed by atoms with Gasteiger partial charge in [-0.05, 0) is 47.5 Å². The first-order valence-electron chi connectivity index (χ1n) is 6.35. The van der Waals surface area contributed by atoms with E-state index in [4.69, 9.17) is 0 Å². The smallest absolute Gasteiger partial charge is 0.276 e. The Hall–Kier alpha value is -2.00. The van der Waals surface area contributed by atoms with E-state index in [1.165, 1.54) is 4.52 Å². The summed E-state index contributed by atoms with van der Waals surface area (Å²) in [5.74, 6) is 0.240. The van der Waals surface area contributed by atoms with Crippen LogP contribution in [-0.4, -0.2) is 28.0 Å². The molecule has 0 atom stereocenters. The van der Waals surface area contributed by atoms with Crippen LogP contribution in [0.2, 0.25) is 0 Å². The van der Waals surface area contributed by atoms with Crippen molar-refractivity contribution in [3.05, 3.63) is 46.2 Å². The van der Waals surface area contributed by atoms with Crippen LogP contribution in [0, 0.1) is 13.8 Å². The minimum atomic E-state index is -3.90. The standard InChI is InChI=1S/C13H12BrN5O2S/c1-8-4-3-5-10(14)11(8)18-22(20,21)13-16-12-15-7-6-9(2)19(12)17-13/h3-7,18H,1-2H3. The van der Waals surface area contributed by atoms with E-state index in [0.717, 1.165) is 11.3 Å². The van der Waals surface area contributed by atoms with Crippen molar-refractivity contribution >= 4 is 37.4 Å². The van der Waals surface area contributed by atoms with E-state index in [0.29, 0.717) is 10.2 Å². The van der Waals surface area contributed by atoms with Crippen molar-refractivity contribution in [2.24, 2.45) is 0 Å². The average Bonchev–Trinajstić information content (AvgIpc) is 2.90. The van der Waals surface area contributed by atoms with Crippen molar-refractivity contribution in [2.45, 2.75) is 19.0 Å². The normalized spacial score (nSPS) is 11.8. The number of aromatic nitrogens is 4. The zero-order chi connectivity index (χ0) is 15.9. The molecule has 0 aliphatic carbocycles. The van der Waals surface area contributed by atoms with Gasteiger partial charge in [0, 0.05) is 16.4 Å². The number of nitrogens with zero attached hydrogens (tertiary/aromatic N) is 4. The molecule has 0 spiro atoms. The van der Waals surface area contributed by atoms with Crippen LogP contribution in [0.4, 0.5) is 5.69 Å². The Morgan fingerprint density at radius 3 is 2.68 bits per heavy atom. The monoisotopic (exact) mass is 381 g/mol. The summed E-state index contributed by atoms with van der Waals surface area (Å²) < 4.78 is 29.5. The molecule has 0 aliphatic heterocycles. The summed E-state index contributed by atoms with van der Waals surface area (Å²) in [5, 5.41) is 3.70. The number of fused-ring (bicyclic) bond motifs is 1. The molecule has 0 saturated carbocycles. The predicted molar refractivity (Wildman–Crippen MR) is 85.2 cm³/mol. The summed E-state index contributed by atoms with van der Waals surface area (Å²) in [6, 6.07) is 7.12. The minimum Gasteiger partial charge on any atom is -0.276 e. The third-order valence-electron chi connectivity index (χ3n) is 3.11. The average molecular weight is 382 g/mol. The Bertz CT molecular complexity index is 947. The van der Waals surface area contributed by atoms with Gasteiger partial charge in [-0.3, -0.25) is 4.72 Å². The topological polar surface area (TPSA) is 89.2 Å². The zero-order valence-electron chi connectivity index (χ0n) is 11.8. The molecule has 2 aromatic heterocycles. The number of aryl methyl sites for hydroxylation is 2. The van der Waals surface area contributed by atoms with Gasteiger partial charge in [0.05, 0.1) is 5.69 Å². The summed E-state index contributed by atoms with van der Waals surface area (Å²) in [6.45, 7) is 3.61. The van der Waals surface area contributed by atoms with Crippen LogP contribution in [0.1, 0.15) is 11.3 Å². The SMILES string of the molecule is Cc1cccc(Br)c1NS(=O)(=O)c1nc2nccc(C)n2n1. The highest BCUT2D eigenvalue weighted by molar-refractivity contribution is 9.10. The van der Waals surface area contributed by atoms with E-state index >= 15 is 0 Å². The first-order chi connectivity index (χ1) is 10.4. The maximum atomic E-state index is 12.5. The predicted octanol–water partition coefficient (Wildman–Crippen LogP) is 2.30. The third kappa shape index (κ3) is 2.57. The van der Waals surface area contributed by atoms with Crippen molar-refractivity contribution in [1.29, 1.82) is 0 Å². The molecule has 9 heteroatoms. The highest BCUT2D eigenvalue weighted by Gasteiger charge is 2.23. The molecule has 0 unspecified atom stereocenters. The zero-order valence-corrected chi connectivity index (χ0v) is 14.2. The molecule has 0 bridgehead atoms. The van der Waals surface area contributed by atoms with E-state index in [1.807, 2.05) is 19.1 Å². The summed E-state index contributed by atoms with van der Waals surface area (Å²) in [4.78, 5) is 7.98. The van der Waals surface area contributed by atoms with Gasteiger partial charge in [-0.15, -0.1) is 5.10 Å². The van der Waals surface area contributed by atoms with Crippen LogP contribution in [0.15, 0.2) is 40.1 Å². The van der Waals surface area contributed by atoms with Gasteiger partial charge in [0.2, 0.25) is 0 Å². The molecule has 1 aromatic carbocycles. The number of halogens is 1. The number of para-hydroxylation sites is 1. The number of benzene rings is 1. The highest BCUT2D eigenvalue weighted by atomic mass is 79.9. The fraction of sp³-hybridized carbons (Fsp3) is 0.154. The van der Waals surface area contributed by atoms with Gasteiger partial charge in [-0.25, -0.2) is 9.50 Å². The Morgan fingerprint density at radius 1 is 1.23 bits per heavy atom. The van der Waals surface area contributed by atoms with Gasteiger partial charge in [0.15, 0.2) is 0 Å². The lowest BCUT2D eigenvalue weighted by molar-refractivity contribution is 0.592. The Labute approximate surface area is 135 Å². The van der Waals surface area contributed by atoms with E-state index in [2.05, 4.69) is 35.7 Å². The van der Waals surface area contributed by atoms with Crippen molar-refractivity contribution in [3.63, 3.8) is 0 Å². The Kier molecular flexibility index (Phi) is 3.61. The third-order valence-corrected chi connectivity index (χ3v) is 4.90. The van der Waals surface area contributed by atoms with Crippen LogP contribution in [0.25, 0.3) is 5.78 Å². The summed E-state index contributed by atoms with van der Waals surface area (Å²) in [5.41, 5.74) is 2.00. The molecule has 3 aromatic rings. The number of rotatable bonds is 3. The number of hydrogen-bond acceptors (Lipinski definition) is 5. The van der Waals surface area contributed by atoms with Gasteiger partial charge < -0.3 is 0 Å². The van der Waals surface area contributed by atoms with Crippen molar-refractivity contribution in [1.82, 2.24) is 19.6 Å². The van der Waals surface area contributed by atoms with E-state index < -0.39 is 10.0 Å². The molecular formula is C13H12BrN5O2S. The Balaban J connectivity index is 2.07. The molecule has 1 N–H and O–H groups in total. The lowest BCUT2D eigenvalue weighted by Gasteiger charge is -2.09. The molecule has 0 fully saturated rings. The van der Waals surface area contributed by atoms with Gasteiger partial charge in [0.1, 0.15) is 0 Å². The lowest BCUT2D eigenvalue weighted by Crippen LogP contribution is -2.16. The van der Waals surface area contributed by atoms with Crippen LogP contribution in [0.3, 0.4) is 0 Å². The van der Waals surface area contributed by atoms with Gasteiger partial charge >= 0.3 is 0 Å². The molecule has 0 radical (unpaired) electrons. The van der Waals surface area contributed by atoms with E-state index in [-0.39, 0.29) is 10.9 Å². The number of sulfonamides is 1. The number of nitrogens with one attached hydrogen (secondary N) is 1. The number of hydrogen-bond donors (Lipinski definition) is 1. The van der Waals surface area contributed by atoms with E-state index in [9.17, 15) is 8.42 Å². The van der Waals surface area contributed by atoms with Crippen molar-refractivity contribution in [3.8, 4) is 0 Å². The maximum absolute atomic E-state index is 12.5. The molecule has 0 amide bonds. The molecule has 22 heavy (non-hydrogen) atoms. The molecule has 3 rings (SSSR count). The second kappa shape index (κ2) is 5.33. The summed E-state index contributed by atoms with van der Waals surface area (Å²) >= 11 is 3.33. The molecule has 0 aliphatic rings. The van der Waals surface area contributed by atoms with Gasteiger partial charge in [0.25, 0.3) is 21.0 Å². The van der Waals surface area contributed by atoms with E-state index in [1.54, 1.807) is 25.3 Å². The fourth-order valence-corrected chi connectivity index (χ4v) is 3.66. The van der Waals surface area contributed by atoms with Crippen LogP contribution in [0.5, 0.6) is 0 Å². The van der Waals surface area contributed by atoms with Crippen molar-refractivity contribution < 1.29 is 8.42 Å². The summed E-state index contributed by atoms with van der Waals surface area (Å²) in [7, 11) is -3.90. The fourth-order valence-electron chi connectivity index (χ4n) is 1.94. The molecular weight excluding hydrogens is 370 g/mol. The highest BCUT2D eigenvalue weighted by Crippen LogP contribution is 2.27. The summed E-state index contributed by atoms with van der Waals surface area (Å²) in [6.07, 6.45) is 1.56. The minimum absolute atomic E-state index is 0.240. The van der Waals surface area contributed by atoms with Crippen LogP contribution in [-0.2, 0) is 10.0 Å². The maximum Gasteiger partial charge on any atom is 0.299 e. The van der Waals surface area contributed by atoms with Crippen LogP contribution >= 0.6 is 15.9 Å². The first-order valence-corrected chi connectivity index (χ1v) is 8.62. The van der Waals surface area contributed by atoms with Gasteiger partial charge in [-0.1, -0.05) is 12.1 Å². The Morgan fingerprint density at radius 2 is 2.00 bits per heavy atom. The molecule has 2 heterocycles. The largest absolute Gasteiger partial charge is 0.299 e. The number of anilines is 1. The second-order valence-corrected chi connectivity index (χ2v) is 7.16. The lowest BCUT2D eigenvalue weighted by atomic mass is 10.2. The van der Waals surface area contributed by atoms with Crippen LogP contribution < -0.4 is 4.72 Å². The second-order valence-electron chi connectivity index (χ2n) is 4.73. The van der Waals surface area contributed by atoms with Gasteiger partial charge in [-0.2, -0.15) is 13.4 Å². The quantitative estimate of drug-likeness (QED) is 0.751. The molecule has 7 nitrogen and oxygen atoms in total.